The van der Waals surface area contributed by atoms with E-state index in [0.29, 0.717) is 5.95 Å². The third-order valence-corrected chi connectivity index (χ3v) is 4.00. The smallest absolute Gasteiger partial charge is 0.222 e. The first-order chi connectivity index (χ1) is 9.66. The summed E-state index contributed by atoms with van der Waals surface area (Å²) < 4.78 is 5.43. The van der Waals surface area contributed by atoms with Crippen LogP contribution in [0.5, 0.6) is 0 Å². The van der Waals surface area contributed by atoms with Gasteiger partial charge >= 0.3 is 0 Å². The average molecular weight is 272 g/mol. The zero-order chi connectivity index (χ0) is 14.0. The number of hydrogen-bond donors (Lipinski definition) is 2. The molecule has 0 saturated carbocycles. The van der Waals surface area contributed by atoms with Gasteiger partial charge in [-0.1, -0.05) is 19.1 Å². The van der Waals surface area contributed by atoms with E-state index in [2.05, 4.69) is 22.2 Å². The van der Waals surface area contributed by atoms with Gasteiger partial charge in [-0.2, -0.15) is 4.98 Å². The lowest BCUT2D eigenvalue weighted by Gasteiger charge is -2.33. The van der Waals surface area contributed by atoms with Crippen molar-refractivity contribution in [3.8, 4) is 0 Å². The Hall–Kier alpha value is -1.88. The lowest BCUT2D eigenvalue weighted by atomic mass is 9.82. The summed E-state index contributed by atoms with van der Waals surface area (Å²) in [6, 6.07) is 7.92. The summed E-state index contributed by atoms with van der Waals surface area (Å²) in [5.74, 6) is 1.13. The van der Waals surface area contributed by atoms with Crippen LogP contribution in [0, 0.1) is 5.41 Å². The summed E-state index contributed by atoms with van der Waals surface area (Å²) in [5.41, 5.74) is 6.91. The van der Waals surface area contributed by atoms with E-state index < -0.39 is 0 Å². The molecule has 1 aromatic heterocycles. The van der Waals surface area contributed by atoms with Crippen molar-refractivity contribution in [3.05, 3.63) is 24.3 Å². The number of fused-ring (bicyclic) bond motifs is 1. The van der Waals surface area contributed by atoms with Crippen LogP contribution in [0.2, 0.25) is 0 Å². The minimum Gasteiger partial charge on any atom is -0.381 e. The molecule has 5 heteroatoms. The highest BCUT2D eigenvalue weighted by Crippen LogP contribution is 2.30. The fourth-order valence-corrected chi connectivity index (χ4v) is 2.57. The normalized spacial score (nSPS) is 18.1. The van der Waals surface area contributed by atoms with Gasteiger partial charge in [0.15, 0.2) is 0 Å². The SMILES string of the molecule is CC1(CNc2nc(N)nc3ccccc23)CCOCC1. The Balaban J connectivity index is 1.83. The molecule has 0 atom stereocenters. The van der Waals surface area contributed by atoms with Crippen molar-refractivity contribution in [1.29, 1.82) is 0 Å². The van der Waals surface area contributed by atoms with Crippen molar-refractivity contribution in [3.63, 3.8) is 0 Å². The average Bonchev–Trinajstić information content (AvgIpc) is 2.45. The lowest BCUT2D eigenvalue weighted by Crippen LogP contribution is -2.33. The molecule has 2 aromatic rings. The number of hydrogen-bond acceptors (Lipinski definition) is 5. The van der Waals surface area contributed by atoms with Gasteiger partial charge in [0.05, 0.1) is 5.52 Å². The lowest BCUT2D eigenvalue weighted by molar-refractivity contribution is 0.0300. The molecule has 3 rings (SSSR count). The van der Waals surface area contributed by atoms with E-state index in [0.717, 1.165) is 49.3 Å². The van der Waals surface area contributed by atoms with E-state index in [9.17, 15) is 0 Å². The number of anilines is 2. The molecule has 1 aromatic carbocycles. The quantitative estimate of drug-likeness (QED) is 0.897. The Morgan fingerprint density at radius 1 is 1.25 bits per heavy atom. The van der Waals surface area contributed by atoms with Crippen LogP contribution in [0.15, 0.2) is 24.3 Å². The third kappa shape index (κ3) is 2.67. The molecule has 5 nitrogen and oxygen atoms in total. The molecule has 0 spiro atoms. The molecule has 0 bridgehead atoms. The summed E-state index contributed by atoms with van der Waals surface area (Å²) in [5, 5.41) is 4.46. The molecule has 1 saturated heterocycles. The van der Waals surface area contributed by atoms with Crippen LogP contribution < -0.4 is 11.1 Å². The number of nitrogens with one attached hydrogen (secondary N) is 1. The summed E-state index contributed by atoms with van der Waals surface area (Å²) in [6.45, 7) is 4.84. The molecule has 0 aliphatic carbocycles. The van der Waals surface area contributed by atoms with Gasteiger partial charge < -0.3 is 15.8 Å². The topological polar surface area (TPSA) is 73.1 Å². The number of nitrogens with two attached hydrogens (primary N) is 1. The predicted molar refractivity (Wildman–Crippen MR) is 80.6 cm³/mol. The number of nitrogens with zero attached hydrogens (tertiary/aromatic N) is 2. The van der Waals surface area contributed by atoms with Crippen molar-refractivity contribution >= 4 is 22.7 Å². The molecular weight excluding hydrogens is 252 g/mol. The Morgan fingerprint density at radius 3 is 2.80 bits per heavy atom. The second-order valence-corrected chi connectivity index (χ2v) is 5.72. The molecule has 2 heterocycles. The molecule has 106 valence electrons. The highest BCUT2D eigenvalue weighted by molar-refractivity contribution is 5.89. The summed E-state index contributed by atoms with van der Waals surface area (Å²) >= 11 is 0. The largest absolute Gasteiger partial charge is 0.381 e. The fourth-order valence-electron chi connectivity index (χ4n) is 2.57. The van der Waals surface area contributed by atoms with Crippen molar-refractivity contribution < 1.29 is 4.74 Å². The molecular formula is C15H20N4O. The Morgan fingerprint density at radius 2 is 2.00 bits per heavy atom. The monoisotopic (exact) mass is 272 g/mol. The van der Waals surface area contributed by atoms with Gasteiger partial charge in [0.2, 0.25) is 5.95 Å². The van der Waals surface area contributed by atoms with Crippen molar-refractivity contribution in [2.24, 2.45) is 5.41 Å². The number of para-hydroxylation sites is 1. The Bertz CT molecular complexity index is 608. The van der Waals surface area contributed by atoms with Crippen LogP contribution in [0.3, 0.4) is 0 Å². The highest BCUT2D eigenvalue weighted by Gasteiger charge is 2.27. The van der Waals surface area contributed by atoms with Crippen LogP contribution in [0.25, 0.3) is 10.9 Å². The van der Waals surface area contributed by atoms with Gasteiger partial charge in [-0.15, -0.1) is 0 Å². The molecule has 0 unspecified atom stereocenters. The number of nitrogen functional groups attached to an aromatic ring is 1. The third-order valence-electron chi connectivity index (χ3n) is 4.00. The minimum atomic E-state index is 0.249. The van der Waals surface area contributed by atoms with Crippen LogP contribution in [-0.2, 0) is 4.74 Å². The first-order valence-corrected chi connectivity index (χ1v) is 7.00. The number of benzene rings is 1. The standard InChI is InChI=1S/C15H20N4O/c1-15(6-8-20-9-7-15)10-17-13-11-4-2-3-5-12(11)18-14(16)19-13/h2-5H,6-10H2,1H3,(H3,16,17,18,19). The van der Waals surface area contributed by atoms with Gasteiger partial charge in [0.1, 0.15) is 5.82 Å². The zero-order valence-corrected chi connectivity index (χ0v) is 11.7. The van der Waals surface area contributed by atoms with Gasteiger partial charge in [-0.3, -0.25) is 0 Å². The number of aromatic nitrogens is 2. The molecule has 0 amide bonds. The van der Waals surface area contributed by atoms with Crippen molar-refractivity contribution in [2.75, 3.05) is 30.8 Å². The van der Waals surface area contributed by atoms with Gasteiger partial charge in [0.25, 0.3) is 0 Å². The van der Waals surface area contributed by atoms with Gasteiger partial charge in [-0.05, 0) is 30.4 Å². The maximum Gasteiger partial charge on any atom is 0.222 e. The number of ether oxygens (including phenoxy) is 1. The first kappa shape index (κ1) is 13.1. The highest BCUT2D eigenvalue weighted by atomic mass is 16.5. The van der Waals surface area contributed by atoms with Crippen LogP contribution in [0.4, 0.5) is 11.8 Å². The zero-order valence-electron chi connectivity index (χ0n) is 11.7. The first-order valence-electron chi connectivity index (χ1n) is 7.00. The summed E-state index contributed by atoms with van der Waals surface area (Å²) in [7, 11) is 0. The minimum absolute atomic E-state index is 0.249. The van der Waals surface area contributed by atoms with Crippen LogP contribution in [-0.4, -0.2) is 29.7 Å². The fraction of sp³-hybridized carbons (Fsp3) is 0.467. The Labute approximate surface area is 118 Å². The van der Waals surface area contributed by atoms with Crippen molar-refractivity contribution in [1.82, 2.24) is 9.97 Å². The second-order valence-electron chi connectivity index (χ2n) is 5.72. The van der Waals surface area contributed by atoms with E-state index in [1.807, 2.05) is 24.3 Å². The van der Waals surface area contributed by atoms with Crippen LogP contribution in [0.1, 0.15) is 19.8 Å². The molecule has 0 radical (unpaired) electrons. The predicted octanol–water partition coefficient (Wildman–Crippen LogP) is 2.44. The van der Waals surface area contributed by atoms with Gasteiger partial charge in [0, 0.05) is 25.1 Å². The number of rotatable bonds is 3. The van der Waals surface area contributed by atoms with E-state index in [-0.39, 0.29) is 5.41 Å². The van der Waals surface area contributed by atoms with Crippen molar-refractivity contribution in [2.45, 2.75) is 19.8 Å². The summed E-state index contributed by atoms with van der Waals surface area (Å²) in [6.07, 6.45) is 2.14. The summed E-state index contributed by atoms with van der Waals surface area (Å²) in [4.78, 5) is 8.60. The second kappa shape index (κ2) is 5.25. The van der Waals surface area contributed by atoms with Crippen LogP contribution >= 0.6 is 0 Å². The van der Waals surface area contributed by atoms with E-state index in [1.54, 1.807) is 0 Å². The van der Waals surface area contributed by atoms with E-state index >= 15 is 0 Å². The molecule has 1 aliphatic heterocycles. The maximum absolute atomic E-state index is 5.78. The van der Waals surface area contributed by atoms with Gasteiger partial charge in [-0.25, -0.2) is 4.98 Å². The molecule has 1 aliphatic rings. The Kier molecular flexibility index (Phi) is 3.44. The van der Waals surface area contributed by atoms with E-state index in [4.69, 9.17) is 10.5 Å². The molecule has 3 N–H and O–H groups in total. The molecule has 20 heavy (non-hydrogen) atoms. The van der Waals surface area contributed by atoms with E-state index in [1.165, 1.54) is 0 Å². The maximum atomic E-state index is 5.78. The molecule has 1 fully saturated rings.